The number of methoxy groups -OCH3 is 2. The zero-order valence-corrected chi connectivity index (χ0v) is 19.5. The van der Waals surface area contributed by atoms with Crippen molar-refractivity contribution in [3.63, 3.8) is 0 Å². The molecule has 174 valence electrons. The minimum absolute atomic E-state index is 0.122. The Bertz CT molecular complexity index is 1030. The molecule has 1 fully saturated rings. The van der Waals surface area contributed by atoms with Crippen LogP contribution in [0.1, 0.15) is 32.6 Å². The fraction of sp³-hybridized carbons (Fsp3) is 0.435. The Morgan fingerprint density at radius 2 is 1.75 bits per heavy atom. The Balaban J connectivity index is 1.81. The molecule has 1 aliphatic heterocycles. The quantitative estimate of drug-likeness (QED) is 0.611. The number of nitrogens with zero attached hydrogens (tertiary/aromatic N) is 1. The number of rotatable bonds is 9. The van der Waals surface area contributed by atoms with Crippen molar-refractivity contribution in [1.29, 1.82) is 0 Å². The van der Waals surface area contributed by atoms with Crippen LogP contribution in [0.3, 0.4) is 0 Å². The summed E-state index contributed by atoms with van der Waals surface area (Å²) in [5.74, 6) is 1.09. The van der Waals surface area contributed by atoms with Crippen LogP contribution in [0.15, 0.2) is 47.4 Å². The highest BCUT2D eigenvalue weighted by Gasteiger charge is 2.27. The van der Waals surface area contributed by atoms with Crippen LogP contribution < -0.4 is 19.5 Å². The van der Waals surface area contributed by atoms with Gasteiger partial charge in [-0.3, -0.25) is 4.79 Å². The summed E-state index contributed by atoms with van der Waals surface area (Å²) in [6.45, 7) is 2.84. The van der Waals surface area contributed by atoms with E-state index in [1.807, 2.05) is 6.92 Å². The highest BCUT2D eigenvalue weighted by molar-refractivity contribution is 7.89. The first-order valence-electron chi connectivity index (χ1n) is 10.7. The van der Waals surface area contributed by atoms with Crippen LogP contribution in [0.4, 0.5) is 5.69 Å². The predicted molar refractivity (Wildman–Crippen MR) is 122 cm³/mol. The molecule has 0 radical (unpaired) electrons. The van der Waals surface area contributed by atoms with Gasteiger partial charge in [-0.25, -0.2) is 8.42 Å². The number of benzene rings is 2. The van der Waals surface area contributed by atoms with Crippen molar-refractivity contribution in [2.24, 2.45) is 0 Å². The van der Waals surface area contributed by atoms with E-state index in [4.69, 9.17) is 14.2 Å². The Kier molecular flexibility index (Phi) is 7.98. The van der Waals surface area contributed by atoms with Crippen LogP contribution in [0.2, 0.25) is 0 Å². The van der Waals surface area contributed by atoms with E-state index in [-0.39, 0.29) is 10.6 Å². The van der Waals surface area contributed by atoms with Gasteiger partial charge in [-0.15, -0.1) is 0 Å². The number of amides is 1. The van der Waals surface area contributed by atoms with Crippen molar-refractivity contribution in [3.8, 4) is 17.2 Å². The molecule has 1 unspecified atom stereocenters. The molecule has 32 heavy (non-hydrogen) atoms. The van der Waals surface area contributed by atoms with Gasteiger partial charge in [0, 0.05) is 19.2 Å². The molecular formula is C23H30N2O6S. The fourth-order valence-electron chi connectivity index (χ4n) is 3.57. The highest BCUT2D eigenvalue weighted by Crippen LogP contribution is 2.30. The molecule has 0 aliphatic carbocycles. The number of piperidine rings is 1. The van der Waals surface area contributed by atoms with Gasteiger partial charge >= 0.3 is 0 Å². The summed E-state index contributed by atoms with van der Waals surface area (Å²) >= 11 is 0. The van der Waals surface area contributed by atoms with Gasteiger partial charge in [-0.2, -0.15) is 4.31 Å². The van der Waals surface area contributed by atoms with Crippen molar-refractivity contribution < 1.29 is 27.4 Å². The van der Waals surface area contributed by atoms with Crippen LogP contribution in [0.25, 0.3) is 0 Å². The van der Waals surface area contributed by atoms with E-state index >= 15 is 0 Å². The van der Waals surface area contributed by atoms with E-state index in [9.17, 15) is 13.2 Å². The fourth-order valence-corrected chi connectivity index (χ4v) is 5.12. The second-order valence-corrected chi connectivity index (χ2v) is 9.45. The molecule has 1 amide bonds. The van der Waals surface area contributed by atoms with E-state index in [0.29, 0.717) is 36.8 Å². The Morgan fingerprint density at radius 3 is 2.41 bits per heavy atom. The maximum Gasteiger partial charge on any atom is 0.265 e. The molecule has 1 aliphatic rings. The number of hydrogen-bond donors (Lipinski definition) is 1. The lowest BCUT2D eigenvalue weighted by molar-refractivity contribution is -0.122. The summed E-state index contributed by atoms with van der Waals surface area (Å²) < 4.78 is 44.0. The van der Waals surface area contributed by atoms with Crippen molar-refractivity contribution in [2.75, 3.05) is 32.6 Å². The molecular weight excluding hydrogens is 432 g/mol. The maximum atomic E-state index is 13.1. The van der Waals surface area contributed by atoms with Gasteiger partial charge in [-0.1, -0.05) is 19.4 Å². The topological polar surface area (TPSA) is 94.2 Å². The number of sulfonamides is 1. The second-order valence-electron chi connectivity index (χ2n) is 7.51. The molecule has 1 atom stereocenters. The molecule has 3 rings (SSSR count). The molecule has 8 nitrogen and oxygen atoms in total. The molecule has 9 heteroatoms. The number of carbonyl (C=O) groups is 1. The average Bonchev–Trinajstić information content (AvgIpc) is 2.83. The molecule has 0 aromatic heterocycles. The van der Waals surface area contributed by atoms with Crippen molar-refractivity contribution in [2.45, 2.75) is 43.6 Å². The summed E-state index contributed by atoms with van der Waals surface area (Å²) in [6.07, 6.45) is 2.35. The van der Waals surface area contributed by atoms with Gasteiger partial charge < -0.3 is 19.5 Å². The summed E-state index contributed by atoms with van der Waals surface area (Å²) in [7, 11) is -0.624. The number of hydrogen-bond acceptors (Lipinski definition) is 6. The van der Waals surface area contributed by atoms with Crippen LogP contribution in [0.5, 0.6) is 17.2 Å². The first kappa shape index (κ1) is 23.9. The maximum absolute atomic E-state index is 13.1. The number of nitrogens with one attached hydrogen (secondary N) is 1. The highest BCUT2D eigenvalue weighted by atomic mass is 32.2. The second kappa shape index (κ2) is 10.7. The Morgan fingerprint density at radius 1 is 1.03 bits per heavy atom. The standard InChI is InChI=1S/C23H30N2O6S/c1-4-21(31-18-10-8-9-17(15-18)29-2)23(26)24-20-16-19(11-12-22(20)30-3)32(27,28)25-13-6-5-7-14-25/h8-12,15-16,21H,4-7,13-14H2,1-3H3,(H,24,26). The first-order valence-corrected chi connectivity index (χ1v) is 12.1. The zero-order chi connectivity index (χ0) is 23.1. The normalized spacial score (nSPS) is 15.6. The van der Waals surface area contributed by atoms with E-state index in [1.165, 1.54) is 23.5 Å². The Labute approximate surface area is 189 Å². The van der Waals surface area contributed by atoms with Crippen LogP contribution in [-0.2, 0) is 14.8 Å². The largest absolute Gasteiger partial charge is 0.497 e. The Hall–Kier alpha value is -2.78. The van der Waals surface area contributed by atoms with E-state index in [0.717, 1.165) is 19.3 Å². The number of ether oxygens (including phenoxy) is 3. The lowest BCUT2D eigenvalue weighted by Gasteiger charge is -2.26. The lowest BCUT2D eigenvalue weighted by atomic mass is 10.2. The van der Waals surface area contributed by atoms with Gasteiger partial charge in [0.25, 0.3) is 5.91 Å². The third kappa shape index (κ3) is 5.52. The summed E-state index contributed by atoms with van der Waals surface area (Å²) in [6, 6.07) is 11.5. The van der Waals surface area contributed by atoms with Gasteiger partial charge in [-0.05, 0) is 49.6 Å². The first-order chi connectivity index (χ1) is 15.4. The molecule has 1 heterocycles. The molecule has 0 spiro atoms. The molecule has 0 saturated carbocycles. The zero-order valence-electron chi connectivity index (χ0n) is 18.7. The SMILES string of the molecule is CCC(Oc1cccc(OC)c1)C(=O)Nc1cc(S(=O)(=O)N2CCCCC2)ccc1OC. The average molecular weight is 463 g/mol. The molecule has 1 N–H and O–H groups in total. The van der Waals surface area contributed by atoms with Crippen molar-refractivity contribution in [3.05, 3.63) is 42.5 Å². The van der Waals surface area contributed by atoms with Crippen LogP contribution in [-0.4, -0.2) is 52.0 Å². The molecule has 2 aromatic carbocycles. The van der Waals surface area contributed by atoms with Crippen molar-refractivity contribution >= 4 is 21.6 Å². The molecule has 2 aromatic rings. The molecule has 1 saturated heterocycles. The predicted octanol–water partition coefficient (Wildman–Crippen LogP) is 3.67. The third-order valence-electron chi connectivity index (χ3n) is 5.36. The van der Waals surface area contributed by atoms with Crippen LogP contribution >= 0.6 is 0 Å². The monoisotopic (exact) mass is 462 g/mol. The van der Waals surface area contributed by atoms with Gasteiger partial charge in [0.2, 0.25) is 10.0 Å². The summed E-state index contributed by atoms with van der Waals surface area (Å²) in [5, 5.41) is 2.77. The van der Waals surface area contributed by atoms with E-state index < -0.39 is 22.0 Å². The van der Waals surface area contributed by atoms with Crippen LogP contribution in [0, 0.1) is 0 Å². The summed E-state index contributed by atoms with van der Waals surface area (Å²) in [5.41, 5.74) is 0.281. The third-order valence-corrected chi connectivity index (χ3v) is 7.26. The van der Waals surface area contributed by atoms with E-state index in [1.54, 1.807) is 37.4 Å². The number of anilines is 1. The minimum Gasteiger partial charge on any atom is -0.497 e. The van der Waals surface area contributed by atoms with E-state index in [2.05, 4.69) is 5.32 Å². The van der Waals surface area contributed by atoms with Crippen molar-refractivity contribution in [1.82, 2.24) is 4.31 Å². The minimum atomic E-state index is -3.65. The lowest BCUT2D eigenvalue weighted by Crippen LogP contribution is -2.35. The van der Waals surface area contributed by atoms with Gasteiger partial charge in [0.15, 0.2) is 6.10 Å². The van der Waals surface area contributed by atoms with Gasteiger partial charge in [0.1, 0.15) is 17.2 Å². The molecule has 0 bridgehead atoms. The smallest absolute Gasteiger partial charge is 0.265 e. The number of carbonyl (C=O) groups excluding carboxylic acids is 1. The summed E-state index contributed by atoms with van der Waals surface area (Å²) in [4.78, 5) is 13.1. The van der Waals surface area contributed by atoms with Gasteiger partial charge in [0.05, 0.1) is 24.8 Å².